The maximum absolute atomic E-state index is 14.1. The Labute approximate surface area is 241 Å². The highest BCUT2D eigenvalue weighted by Gasteiger charge is 2.51. The molecule has 1 fully saturated rings. The van der Waals surface area contributed by atoms with Crippen LogP contribution in [0.5, 0.6) is 0 Å². The van der Waals surface area contributed by atoms with E-state index in [4.69, 9.17) is 43.8 Å². The fourth-order valence-electron chi connectivity index (χ4n) is 5.16. The number of carbonyl (C=O) groups is 4. The van der Waals surface area contributed by atoms with E-state index >= 15 is 0 Å². The molecule has 0 saturated carbocycles. The quantitative estimate of drug-likeness (QED) is 0.478. The second-order valence-corrected chi connectivity index (χ2v) is 10.3. The van der Waals surface area contributed by atoms with Crippen molar-refractivity contribution in [2.24, 2.45) is 11.7 Å². The van der Waals surface area contributed by atoms with Crippen molar-refractivity contribution in [2.75, 3.05) is 22.9 Å². The second kappa shape index (κ2) is 12.8. The number of aromatic nitrogens is 2. The van der Waals surface area contributed by atoms with Crippen molar-refractivity contribution < 1.29 is 19.2 Å². The molecule has 3 heterocycles. The van der Waals surface area contributed by atoms with E-state index in [2.05, 4.69) is 16.0 Å². The monoisotopic (exact) mass is 582 g/mol. The molecule has 1 atom stereocenters. The molecule has 40 heavy (non-hydrogen) atoms. The Morgan fingerprint density at radius 1 is 1.10 bits per heavy atom. The number of nitrogens with zero attached hydrogens (tertiary/aromatic N) is 5. The second-order valence-electron chi connectivity index (χ2n) is 9.44. The first kappa shape index (κ1) is 30.3. The predicted octanol–water partition coefficient (Wildman–Crippen LogP) is 4.03. The third-order valence-electron chi connectivity index (χ3n) is 7.04. The summed E-state index contributed by atoms with van der Waals surface area (Å²) in [5.41, 5.74) is 6.52. The van der Waals surface area contributed by atoms with Gasteiger partial charge in [0.2, 0.25) is 11.9 Å². The van der Waals surface area contributed by atoms with E-state index in [1.165, 1.54) is 0 Å². The maximum atomic E-state index is 14.1. The van der Waals surface area contributed by atoms with Gasteiger partial charge in [0.15, 0.2) is 0 Å². The minimum atomic E-state index is -1.01. The van der Waals surface area contributed by atoms with Crippen molar-refractivity contribution in [3.8, 4) is 6.07 Å². The molecule has 1 saturated heterocycles. The van der Waals surface area contributed by atoms with Crippen LogP contribution in [0.25, 0.3) is 0 Å². The van der Waals surface area contributed by atoms with Crippen LogP contribution in [0.2, 0.25) is 10.0 Å². The number of fused-ring (bicyclic) bond motifs is 1. The number of nitriles is 1. The topological polar surface area (TPSA) is 142 Å². The lowest BCUT2D eigenvalue weighted by Crippen LogP contribution is -2.44. The number of anilines is 3. The molecule has 12 heteroatoms. The molecule has 2 aromatic carbocycles. The van der Waals surface area contributed by atoms with E-state index in [1.54, 1.807) is 41.4 Å². The van der Waals surface area contributed by atoms with E-state index in [9.17, 15) is 9.59 Å². The molecular weight excluding hydrogens is 555 g/mol. The summed E-state index contributed by atoms with van der Waals surface area (Å²) in [5, 5.41) is 10.00. The summed E-state index contributed by atoms with van der Waals surface area (Å²) in [5.74, 6) is 0.674. The van der Waals surface area contributed by atoms with Crippen LogP contribution >= 0.6 is 23.2 Å². The van der Waals surface area contributed by atoms with Crippen molar-refractivity contribution in [1.82, 2.24) is 9.55 Å². The van der Waals surface area contributed by atoms with Crippen LogP contribution in [0.1, 0.15) is 30.9 Å². The highest BCUT2D eigenvalue weighted by Crippen LogP contribution is 2.46. The van der Waals surface area contributed by atoms with Crippen molar-refractivity contribution in [3.63, 3.8) is 0 Å². The largest absolute Gasteiger partial charge is 0.369 e. The van der Waals surface area contributed by atoms with Gasteiger partial charge >= 0.3 is 0 Å². The smallest absolute Gasteiger partial charge is 0.260 e. The average Bonchev–Trinajstić information content (AvgIpc) is 3.48. The number of benzene rings is 2. The van der Waals surface area contributed by atoms with E-state index in [-0.39, 0.29) is 17.7 Å². The van der Waals surface area contributed by atoms with Crippen molar-refractivity contribution >= 4 is 66.0 Å². The van der Waals surface area contributed by atoms with Gasteiger partial charge in [-0.2, -0.15) is 5.26 Å². The zero-order valence-electron chi connectivity index (χ0n) is 21.8. The number of amides is 2. The van der Waals surface area contributed by atoms with Crippen LogP contribution in [-0.4, -0.2) is 48.0 Å². The Morgan fingerprint density at radius 2 is 1.68 bits per heavy atom. The van der Waals surface area contributed by atoms with Gasteiger partial charge in [0, 0.05) is 35.5 Å². The highest BCUT2D eigenvalue weighted by atomic mass is 35.5. The number of halogens is 2. The fraction of sp³-hybridized carbons (Fsp3) is 0.286. The number of rotatable bonds is 5. The third kappa shape index (κ3) is 5.71. The van der Waals surface area contributed by atoms with Crippen molar-refractivity contribution in [2.45, 2.75) is 31.7 Å². The molecule has 2 N–H and O–H groups in total. The lowest BCUT2D eigenvalue weighted by molar-refractivity contribution is -0.124. The molecule has 2 aliphatic rings. The summed E-state index contributed by atoms with van der Waals surface area (Å²) in [7, 11) is 0. The molecule has 0 unspecified atom stereocenters. The summed E-state index contributed by atoms with van der Waals surface area (Å²) in [6, 6.07) is 14.3. The SMILES string of the molecule is C=O.C=O.C[C@@]1(Cc2ccc(C#N)cc2)C(=O)N(c2cc(Cl)cc(Cl)c2)c2ncc(N3CCC(C(N)=O)CC3)n21. The number of hydrogen-bond acceptors (Lipinski definition) is 7. The zero-order chi connectivity index (χ0) is 29.6. The van der Waals surface area contributed by atoms with Gasteiger partial charge in [-0.1, -0.05) is 35.3 Å². The number of imidazole rings is 1. The zero-order valence-corrected chi connectivity index (χ0v) is 23.4. The van der Waals surface area contributed by atoms with Gasteiger partial charge < -0.3 is 20.2 Å². The van der Waals surface area contributed by atoms with Gasteiger partial charge in [0.1, 0.15) is 24.9 Å². The Kier molecular flexibility index (Phi) is 9.69. The molecule has 2 amide bonds. The standard InChI is InChI=1S/C26H24Cl2N6O2.2CH2O/c1-26(13-16-2-4-17(14-29)5-3-16)24(36)33(21-11-19(27)10-20(28)12-21)25-31-15-22(34(25)26)32-8-6-18(7-9-32)23(30)35;2*1-2/h2-5,10-12,15,18H,6-9,13H2,1H3,(H2,30,35);2*1H2/t26-;;/m1../s1. The van der Waals surface area contributed by atoms with E-state index < -0.39 is 5.54 Å². The summed E-state index contributed by atoms with van der Waals surface area (Å²) >= 11 is 12.6. The normalized spacial score (nSPS) is 18.1. The van der Waals surface area contributed by atoms with Gasteiger partial charge in [0.25, 0.3) is 5.91 Å². The van der Waals surface area contributed by atoms with Crippen LogP contribution in [0.4, 0.5) is 17.5 Å². The van der Waals surface area contributed by atoms with Crippen LogP contribution in [-0.2, 0) is 31.1 Å². The molecule has 2 aliphatic heterocycles. The minimum Gasteiger partial charge on any atom is -0.369 e. The highest BCUT2D eigenvalue weighted by molar-refractivity contribution is 6.35. The Morgan fingerprint density at radius 3 is 2.20 bits per heavy atom. The third-order valence-corrected chi connectivity index (χ3v) is 7.48. The van der Waals surface area contributed by atoms with Crippen molar-refractivity contribution in [1.29, 1.82) is 5.26 Å². The average molecular weight is 583 g/mol. The molecular formula is C28H28Cl2N6O4. The summed E-state index contributed by atoms with van der Waals surface area (Å²) in [4.78, 5) is 50.2. The first-order chi connectivity index (χ1) is 19.2. The summed E-state index contributed by atoms with van der Waals surface area (Å²) in [6.07, 6.45) is 3.44. The van der Waals surface area contributed by atoms with E-state index in [0.717, 1.165) is 11.4 Å². The Balaban J connectivity index is 0.00000106. The molecule has 5 rings (SSSR count). The summed E-state index contributed by atoms with van der Waals surface area (Å²) < 4.78 is 1.97. The lowest BCUT2D eigenvalue weighted by atomic mass is 9.91. The summed E-state index contributed by atoms with van der Waals surface area (Å²) in [6.45, 7) is 7.15. The number of piperidine rings is 1. The number of nitrogens with two attached hydrogens (primary N) is 1. The molecule has 10 nitrogen and oxygen atoms in total. The first-order valence-electron chi connectivity index (χ1n) is 12.2. The molecule has 3 aromatic rings. The number of primary amides is 1. The molecule has 0 radical (unpaired) electrons. The van der Waals surface area contributed by atoms with Crippen LogP contribution in [0.3, 0.4) is 0 Å². The van der Waals surface area contributed by atoms with Gasteiger partial charge in [-0.15, -0.1) is 0 Å². The maximum Gasteiger partial charge on any atom is 0.260 e. The predicted molar refractivity (Wildman–Crippen MR) is 153 cm³/mol. The molecule has 0 aliphatic carbocycles. The van der Waals surface area contributed by atoms with Gasteiger partial charge in [-0.25, -0.2) is 9.88 Å². The molecule has 1 aromatic heterocycles. The van der Waals surface area contributed by atoms with Gasteiger partial charge in [-0.05, 0) is 55.7 Å². The lowest BCUT2D eigenvalue weighted by Gasteiger charge is -2.35. The number of carbonyl (C=O) groups excluding carboxylic acids is 4. The van der Waals surface area contributed by atoms with Crippen LogP contribution in [0.15, 0.2) is 48.7 Å². The molecule has 208 valence electrons. The van der Waals surface area contributed by atoms with E-state index in [1.807, 2.05) is 37.2 Å². The molecule has 0 bridgehead atoms. The Hall–Kier alpha value is -4.20. The van der Waals surface area contributed by atoms with Crippen LogP contribution < -0.4 is 15.5 Å². The Bertz CT molecular complexity index is 1410. The van der Waals surface area contributed by atoms with Crippen molar-refractivity contribution in [3.05, 3.63) is 69.8 Å². The minimum absolute atomic E-state index is 0.154. The fourth-order valence-corrected chi connectivity index (χ4v) is 5.67. The molecule has 0 spiro atoms. The van der Waals surface area contributed by atoms with Gasteiger partial charge in [-0.3, -0.25) is 14.2 Å². The van der Waals surface area contributed by atoms with Gasteiger partial charge in [0.05, 0.1) is 23.5 Å². The first-order valence-corrected chi connectivity index (χ1v) is 13.0. The van der Waals surface area contributed by atoms with Crippen LogP contribution in [0, 0.1) is 17.2 Å². The van der Waals surface area contributed by atoms with E-state index in [0.29, 0.717) is 59.6 Å². The number of hydrogen-bond donors (Lipinski definition) is 1.